The number of carbonyl (C=O) groups is 2. The van der Waals surface area contributed by atoms with Crippen molar-refractivity contribution in [2.75, 3.05) is 6.54 Å². The first kappa shape index (κ1) is 15.5. The minimum atomic E-state index is -1.96. The SMILES string of the molecule is CC(O)(CNC(=O)CCc1ccccc1Cl)C(=O)O. The van der Waals surface area contributed by atoms with Crippen LogP contribution in [0.2, 0.25) is 5.02 Å². The van der Waals surface area contributed by atoms with E-state index in [1.807, 2.05) is 12.1 Å². The van der Waals surface area contributed by atoms with Crippen molar-refractivity contribution in [3.05, 3.63) is 34.9 Å². The Kier molecular flexibility index (Phi) is 5.32. The molecule has 5 nitrogen and oxygen atoms in total. The molecule has 0 aliphatic heterocycles. The van der Waals surface area contributed by atoms with Gasteiger partial charge in [-0.25, -0.2) is 4.79 Å². The third-order valence-electron chi connectivity index (χ3n) is 2.67. The summed E-state index contributed by atoms with van der Waals surface area (Å²) in [6.07, 6.45) is 0.639. The molecule has 0 spiro atoms. The van der Waals surface area contributed by atoms with Crippen LogP contribution in [0.15, 0.2) is 24.3 Å². The second kappa shape index (κ2) is 6.54. The van der Waals surface area contributed by atoms with E-state index in [0.29, 0.717) is 11.4 Å². The van der Waals surface area contributed by atoms with Gasteiger partial charge in [0.1, 0.15) is 0 Å². The topological polar surface area (TPSA) is 86.6 Å². The molecule has 0 aromatic heterocycles. The Labute approximate surface area is 116 Å². The van der Waals surface area contributed by atoms with Crippen LogP contribution in [0.5, 0.6) is 0 Å². The maximum Gasteiger partial charge on any atom is 0.337 e. The van der Waals surface area contributed by atoms with Crippen LogP contribution in [0, 0.1) is 0 Å². The standard InChI is InChI=1S/C13H16ClNO4/c1-13(19,12(17)18)8-15-11(16)7-6-9-4-2-3-5-10(9)14/h2-5,19H,6-8H2,1H3,(H,15,16)(H,17,18). The van der Waals surface area contributed by atoms with E-state index in [2.05, 4.69) is 5.32 Å². The quantitative estimate of drug-likeness (QED) is 0.733. The number of aliphatic hydroxyl groups is 1. The Hall–Kier alpha value is -1.59. The summed E-state index contributed by atoms with van der Waals surface area (Å²) in [5.74, 6) is -1.71. The number of halogens is 1. The smallest absolute Gasteiger partial charge is 0.337 e. The molecule has 0 radical (unpaired) electrons. The average molecular weight is 286 g/mol. The van der Waals surface area contributed by atoms with E-state index in [1.165, 1.54) is 0 Å². The molecule has 1 unspecified atom stereocenters. The molecule has 1 rings (SSSR count). The molecule has 3 N–H and O–H groups in total. The lowest BCUT2D eigenvalue weighted by molar-refractivity contribution is -0.156. The summed E-state index contributed by atoms with van der Waals surface area (Å²) in [6.45, 7) is 0.799. The number of aliphatic carboxylic acids is 1. The lowest BCUT2D eigenvalue weighted by Crippen LogP contribution is -2.46. The predicted octanol–water partition coefficient (Wildman–Crippen LogP) is 1.22. The van der Waals surface area contributed by atoms with Crippen molar-refractivity contribution in [1.29, 1.82) is 0 Å². The summed E-state index contributed by atoms with van der Waals surface area (Å²) in [6, 6.07) is 7.19. The lowest BCUT2D eigenvalue weighted by Gasteiger charge is -2.18. The van der Waals surface area contributed by atoms with Crippen LogP contribution in [0.3, 0.4) is 0 Å². The molecular formula is C13H16ClNO4. The number of carbonyl (C=O) groups excluding carboxylic acids is 1. The normalized spacial score (nSPS) is 13.6. The summed E-state index contributed by atoms with van der Waals surface area (Å²) in [5.41, 5.74) is -1.11. The van der Waals surface area contributed by atoms with Crippen molar-refractivity contribution >= 4 is 23.5 Å². The number of aryl methyl sites for hydroxylation is 1. The van der Waals surface area contributed by atoms with Crippen molar-refractivity contribution in [1.82, 2.24) is 5.32 Å². The van der Waals surface area contributed by atoms with E-state index in [1.54, 1.807) is 12.1 Å². The van der Waals surface area contributed by atoms with Crippen LogP contribution in [0.25, 0.3) is 0 Å². The molecule has 0 bridgehead atoms. The number of hydrogen-bond donors (Lipinski definition) is 3. The van der Waals surface area contributed by atoms with Gasteiger partial charge in [-0.15, -0.1) is 0 Å². The minimum Gasteiger partial charge on any atom is -0.479 e. The summed E-state index contributed by atoms with van der Waals surface area (Å²) in [7, 11) is 0. The first-order valence-corrected chi connectivity index (χ1v) is 6.16. The lowest BCUT2D eigenvalue weighted by atomic mass is 10.1. The molecule has 6 heteroatoms. The molecule has 0 heterocycles. The maximum atomic E-state index is 11.5. The van der Waals surface area contributed by atoms with E-state index in [0.717, 1.165) is 12.5 Å². The fourth-order valence-corrected chi connectivity index (χ4v) is 1.61. The van der Waals surface area contributed by atoms with E-state index >= 15 is 0 Å². The number of nitrogens with one attached hydrogen (secondary N) is 1. The predicted molar refractivity (Wildman–Crippen MR) is 71.0 cm³/mol. The first-order chi connectivity index (χ1) is 8.83. The van der Waals surface area contributed by atoms with Crippen molar-refractivity contribution in [2.24, 2.45) is 0 Å². The Morgan fingerprint density at radius 3 is 2.58 bits per heavy atom. The van der Waals surface area contributed by atoms with Gasteiger partial charge in [0.25, 0.3) is 0 Å². The van der Waals surface area contributed by atoms with Crippen LogP contribution in [-0.2, 0) is 16.0 Å². The number of carboxylic acid groups (broad SMARTS) is 1. The number of rotatable bonds is 6. The van der Waals surface area contributed by atoms with E-state index in [4.69, 9.17) is 16.7 Å². The van der Waals surface area contributed by atoms with Crippen molar-refractivity contribution in [3.63, 3.8) is 0 Å². The van der Waals surface area contributed by atoms with Crippen molar-refractivity contribution < 1.29 is 19.8 Å². The summed E-state index contributed by atoms with van der Waals surface area (Å²) >= 11 is 5.95. The van der Waals surface area contributed by atoms with E-state index in [-0.39, 0.29) is 18.9 Å². The number of hydrogen-bond acceptors (Lipinski definition) is 3. The van der Waals surface area contributed by atoms with Gasteiger partial charge in [0, 0.05) is 11.4 Å². The second-order valence-corrected chi connectivity index (χ2v) is 4.85. The molecule has 0 saturated carbocycles. The highest BCUT2D eigenvalue weighted by atomic mass is 35.5. The highest BCUT2D eigenvalue weighted by molar-refractivity contribution is 6.31. The zero-order valence-electron chi connectivity index (χ0n) is 10.5. The molecule has 1 amide bonds. The average Bonchev–Trinajstić information content (AvgIpc) is 2.35. The highest BCUT2D eigenvalue weighted by Gasteiger charge is 2.30. The monoisotopic (exact) mass is 285 g/mol. The van der Waals surface area contributed by atoms with Gasteiger partial charge < -0.3 is 15.5 Å². The highest BCUT2D eigenvalue weighted by Crippen LogP contribution is 2.16. The molecular weight excluding hydrogens is 270 g/mol. The van der Waals surface area contributed by atoms with Crippen LogP contribution in [0.4, 0.5) is 0 Å². The maximum absolute atomic E-state index is 11.5. The minimum absolute atomic E-state index is 0.180. The van der Waals surface area contributed by atoms with Gasteiger partial charge in [-0.2, -0.15) is 0 Å². The van der Waals surface area contributed by atoms with Gasteiger partial charge in [-0.3, -0.25) is 4.79 Å². The second-order valence-electron chi connectivity index (χ2n) is 4.45. The first-order valence-electron chi connectivity index (χ1n) is 5.79. The molecule has 0 saturated heterocycles. The summed E-state index contributed by atoms with van der Waals surface area (Å²) in [5, 5.41) is 21.1. The third-order valence-corrected chi connectivity index (χ3v) is 3.04. The zero-order chi connectivity index (χ0) is 14.5. The van der Waals surface area contributed by atoms with Crippen LogP contribution in [-0.4, -0.2) is 34.2 Å². The molecule has 0 aliphatic rings. The number of carboxylic acids is 1. The number of amides is 1. The molecule has 1 aromatic carbocycles. The van der Waals surface area contributed by atoms with Gasteiger partial charge in [0.2, 0.25) is 5.91 Å². The summed E-state index contributed by atoms with van der Waals surface area (Å²) < 4.78 is 0. The van der Waals surface area contributed by atoms with Crippen molar-refractivity contribution in [2.45, 2.75) is 25.4 Å². The van der Waals surface area contributed by atoms with Gasteiger partial charge >= 0.3 is 5.97 Å². The molecule has 1 atom stereocenters. The van der Waals surface area contributed by atoms with Gasteiger partial charge in [-0.1, -0.05) is 29.8 Å². The van der Waals surface area contributed by atoms with Gasteiger partial charge in [0.05, 0.1) is 6.54 Å². The van der Waals surface area contributed by atoms with Gasteiger partial charge in [-0.05, 0) is 25.0 Å². The van der Waals surface area contributed by atoms with E-state index < -0.39 is 11.6 Å². The molecule has 19 heavy (non-hydrogen) atoms. The van der Waals surface area contributed by atoms with Crippen LogP contribution < -0.4 is 5.32 Å². The van der Waals surface area contributed by atoms with Crippen molar-refractivity contribution in [3.8, 4) is 0 Å². The molecule has 104 valence electrons. The molecule has 0 fully saturated rings. The van der Waals surface area contributed by atoms with Crippen LogP contribution >= 0.6 is 11.6 Å². The molecule has 0 aliphatic carbocycles. The zero-order valence-corrected chi connectivity index (χ0v) is 11.3. The fourth-order valence-electron chi connectivity index (χ4n) is 1.38. The van der Waals surface area contributed by atoms with Crippen LogP contribution in [0.1, 0.15) is 18.9 Å². The van der Waals surface area contributed by atoms with Gasteiger partial charge in [0.15, 0.2) is 5.60 Å². The third kappa shape index (κ3) is 4.89. The Morgan fingerprint density at radius 2 is 2.00 bits per heavy atom. The summed E-state index contributed by atoms with van der Waals surface area (Å²) in [4.78, 5) is 22.2. The number of benzene rings is 1. The van der Waals surface area contributed by atoms with E-state index in [9.17, 15) is 14.7 Å². The largest absolute Gasteiger partial charge is 0.479 e. The Bertz CT molecular complexity index is 473. The fraction of sp³-hybridized carbons (Fsp3) is 0.385. The Morgan fingerprint density at radius 1 is 1.37 bits per heavy atom. The molecule has 1 aromatic rings. The Balaban J connectivity index is 2.41.